The van der Waals surface area contributed by atoms with Gasteiger partial charge < -0.3 is 35.0 Å². The summed E-state index contributed by atoms with van der Waals surface area (Å²) in [6, 6.07) is 2.28. The zero-order valence-electron chi connectivity index (χ0n) is 26.6. The van der Waals surface area contributed by atoms with Crippen molar-refractivity contribution < 1.29 is 42.9 Å². The topological polar surface area (TPSA) is 155 Å². The van der Waals surface area contributed by atoms with Gasteiger partial charge in [0.05, 0.1) is 6.54 Å². The molecule has 1 aromatic rings. The maximum Gasteiger partial charge on any atom is 0.410 e. The van der Waals surface area contributed by atoms with E-state index in [1.54, 1.807) is 26.8 Å². The highest BCUT2D eigenvalue weighted by Gasteiger charge is 2.61. The normalized spacial score (nSPS) is 28.4. The average molecular weight is 643 g/mol. The van der Waals surface area contributed by atoms with E-state index in [-0.39, 0.29) is 37.7 Å². The monoisotopic (exact) mass is 642 g/mol. The van der Waals surface area contributed by atoms with Gasteiger partial charge in [-0.2, -0.15) is 0 Å². The molecule has 5 atom stereocenters. The van der Waals surface area contributed by atoms with Crippen molar-refractivity contribution in [3.8, 4) is 0 Å². The van der Waals surface area contributed by atoms with E-state index in [1.807, 2.05) is 12.2 Å². The number of carboxylic acids is 1. The Morgan fingerprint density at radius 1 is 1.13 bits per heavy atom. The van der Waals surface area contributed by atoms with Gasteiger partial charge in [0.15, 0.2) is 0 Å². The zero-order chi connectivity index (χ0) is 33.2. The number of fused-ring (bicyclic) bond motifs is 3. The van der Waals surface area contributed by atoms with Crippen molar-refractivity contribution in [2.75, 3.05) is 13.1 Å². The molecular weight excluding hydrogens is 599 g/mol. The lowest BCUT2D eigenvalue weighted by Crippen LogP contribution is -2.56. The standard InChI is InChI=1S/C33H43FN4O8/c1-32(2,3)46-30(43)35-25-10-8-6-4-5-7-9-22-17-33(22,29(41)42)36-27(39)26-16-24(19-38(26)28(25)40)45-31(44)37-14-13-20-15-23(34)12-11-21(20)18-37/h7,9,11-12,15,22,24-26H,4-6,8,10,13-14,16-19H2,1-3H3,(H,35,43)(H,36,39)(H,41,42)/t22-,24-,25+,26+,33-/m1/s1. The minimum Gasteiger partial charge on any atom is -0.479 e. The number of halogens is 1. The van der Waals surface area contributed by atoms with Crippen LogP contribution < -0.4 is 10.6 Å². The fraction of sp³-hybridized carbons (Fsp3) is 0.606. The summed E-state index contributed by atoms with van der Waals surface area (Å²) in [5.74, 6) is -3.08. The zero-order valence-corrected chi connectivity index (χ0v) is 26.6. The highest BCUT2D eigenvalue weighted by atomic mass is 19.1. The van der Waals surface area contributed by atoms with Crippen molar-refractivity contribution in [1.82, 2.24) is 20.4 Å². The van der Waals surface area contributed by atoms with Crippen LogP contribution in [0.3, 0.4) is 0 Å². The maximum atomic E-state index is 14.1. The van der Waals surface area contributed by atoms with Crippen LogP contribution in [-0.2, 0) is 36.8 Å². The van der Waals surface area contributed by atoms with E-state index in [2.05, 4.69) is 10.6 Å². The first-order chi connectivity index (χ1) is 21.8. The first-order valence-corrected chi connectivity index (χ1v) is 16.0. The van der Waals surface area contributed by atoms with Gasteiger partial charge in [0.25, 0.3) is 0 Å². The Morgan fingerprint density at radius 2 is 1.91 bits per heavy atom. The number of carboxylic acid groups (broad SMARTS) is 1. The van der Waals surface area contributed by atoms with E-state index in [4.69, 9.17) is 9.47 Å². The third-order valence-electron chi connectivity index (χ3n) is 9.02. The predicted octanol–water partition coefficient (Wildman–Crippen LogP) is 3.66. The van der Waals surface area contributed by atoms with E-state index in [0.717, 1.165) is 30.4 Å². The molecule has 250 valence electrons. The number of alkyl carbamates (subject to hydrolysis) is 1. The first kappa shape index (κ1) is 33.2. The molecule has 1 aliphatic carbocycles. The molecule has 2 fully saturated rings. The molecule has 5 rings (SSSR count). The van der Waals surface area contributed by atoms with Crippen LogP contribution in [0.1, 0.15) is 76.8 Å². The third-order valence-corrected chi connectivity index (χ3v) is 9.02. The number of carbonyl (C=O) groups excluding carboxylic acids is 4. The van der Waals surface area contributed by atoms with Crippen LogP contribution in [0.4, 0.5) is 14.0 Å². The van der Waals surface area contributed by atoms with Gasteiger partial charge in [0.2, 0.25) is 11.8 Å². The summed E-state index contributed by atoms with van der Waals surface area (Å²) in [6.07, 6.45) is 5.34. The average Bonchev–Trinajstić information content (AvgIpc) is 3.51. The number of nitrogens with one attached hydrogen (secondary N) is 2. The first-order valence-electron chi connectivity index (χ1n) is 16.0. The molecule has 0 bridgehead atoms. The van der Waals surface area contributed by atoms with Gasteiger partial charge in [0, 0.05) is 25.4 Å². The molecule has 3 heterocycles. The SMILES string of the molecule is CC(C)(C)OC(=O)N[C@H]1CCCCCC=C[C@@H]2C[C@@]2(C(=O)O)NC(=O)[C@@H]2C[C@@H](OC(=O)N3CCc4cc(F)ccc4C3)CN2C1=O. The molecular formula is C33H43FN4O8. The number of nitrogens with zero attached hydrogens (tertiary/aromatic N) is 2. The van der Waals surface area contributed by atoms with Crippen LogP contribution in [-0.4, -0.2) is 87.3 Å². The largest absolute Gasteiger partial charge is 0.479 e. The summed E-state index contributed by atoms with van der Waals surface area (Å²) >= 11 is 0. The summed E-state index contributed by atoms with van der Waals surface area (Å²) in [6.45, 7) is 5.55. The van der Waals surface area contributed by atoms with Gasteiger partial charge in [0.1, 0.15) is 35.1 Å². The van der Waals surface area contributed by atoms with Crippen molar-refractivity contribution >= 4 is 30.0 Å². The molecule has 4 amide bonds. The lowest BCUT2D eigenvalue weighted by Gasteiger charge is -2.30. The Kier molecular flexibility index (Phi) is 9.59. The van der Waals surface area contributed by atoms with Crippen LogP contribution in [0.25, 0.3) is 0 Å². The highest BCUT2D eigenvalue weighted by molar-refractivity contribution is 5.96. The fourth-order valence-corrected chi connectivity index (χ4v) is 6.49. The summed E-state index contributed by atoms with van der Waals surface area (Å²) in [4.78, 5) is 68.9. The lowest BCUT2D eigenvalue weighted by atomic mass is 10.00. The molecule has 1 saturated carbocycles. The number of ether oxygens (including phenoxy) is 2. The molecule has 3 aliphatic heterocycles. The lowest BCUT2D eigenvalue weighted by molar-refractivity contribution is -0.145. The van der Waals surface area contributed by atoms with Crippen molar-refractivity contribution in [1.29, 1.82) is 0 Å². The van der Waals surface area contributed by atoms with Gasteiger partial charge in [-0.05, 0) is 76.1 Å². The van der Waals surface area contributed by atoms with E-state index in [1.165, 1.54) is 21.9 Å². The van der Waals surface area contributed by atoms with E-state index >= 15 is 0 Å². The highest BCUT2D eigenvalue weighted by Crippen LogP contribution is 2.45. The van der Waals surface area contributed by atoms with Crippen LogP contribution in [0, 0.1) is 11.7 Å². The second-order valence-electron chi connectivity index (χ2n) is 13.7. The molecule has 4 aliphatic rings. The number of aliphatic carboxylic acids is 1. The molecule has 46 heavy (non-hydrogen) atoms. The minimum atomic E-state index is -1.48. The quantitative estimate of drug-likeness (QED) is 0.422. The molecule has 13 heteroatoms. The van der Waals surface area contributed by atoms with Gasteiger partial charge >= 0.3 is 18.2 Å². The third kappa shape index (κ3) is 7.61. The van der Waals surface area contributed by atoms with Crippen molar-refractivity contribution in [2.45, 2.75) is 108 Å². The Labute approximate surface area is 267 Å². The van der Waals surface area contributed by atoms with E-state index in [9.17, 15) is 33.5 Å². The van der Waals surface area contributed by atoms with Crippen LogP contribution in [0.5, 0.6) is 0 Å². The summed E-state index contributed by atoms with van der Waals surface area (Å²) in [7, 11) is 0. The minimum absolute atomic E-state index is 0.0473. The van der Waals surface area contributed by atoms with Crippen molar-refractivity contribution in [2.24, 2.45) is 5.92 Å². The predicted molar refractivity (Wildman–Crippen MR) is 163 cm³/mol. The van der Waals surface area contributed by atoms with Gasteiger partial charge in [-0.15, -0.1) is 0 Å². The van der Waals surface area contributed by atoms with E-state index < -0.39 is 59.3 Å². The molecule has 1 aromatic carbocycles. The molecule has 3 N–H and O–H groups in total. The van der Waals surface area contributed by atoms with E-state index in [0.29, 0.717) is 25.8 Å². The molecule has 0 unspecified atom stereocenters. The number of benzene rings is 1. The Bertz CT molecular complexity index is 1410. The Hall–Kier alpha value is -4.16. The Balaban J connectivity index is 1.36. The Morgan fingerprint density at radius 3 is 2.65 bits per heavy atom. The van der Waals surface area contributed by atoms with Crippen LogP contribution in [0.2, 0.25) is 0 Å². The van der Waals surface area contributed by atoms with Gasteiger partial charge in [-0.25, -0.2) is 18.8 Å². The fourth-order valence-electron chi connectivity index (χ4n) is 6.49. The second-order valence-corrected chi connectivity index (χ2v) is 13.7. The van der Waals surface area contributed by atoms with Crippen LogP contribution in [0.15, 0.2) is 30.4 Å². The number of amides is 4. The number of rotatable bonds is 3. The maximum absolute atomic E-state index is 14.1. The van der Waals surface area contributed by atoms with Crippen molar-refractivity contribution in [3.05, 3.63) is 47.3 Å². The molecule has 0 radical (unpaired) electrons. The molecule has 12 nitrogen and oxygen atoms in total. The van der Waals surface area contributed by atoms with Crippen LogP contribution >= 0.6 is 0 Å². The van der Waals surface area contributed by atoms with Gasteiger partial charge in [-0.3, -0.25) is 9.59 Å². The van der Waals surface area contributed by atoms with Crippen molar-refractivity contribution in [3.63, 3.8) is 0 Å². The summed E-state index contributed by atoms with van der Waals surface area (Å²) in [5, 5.41) is 15.4. The number of hydrogen-bond donors (Lipinski definition) is 3. The molecule has 0 aromatic heterocycles. The molecule has 0 spiro atoms. The smallest absolute Gasteiger partial charge is 0.410 e. The summed E-state index contributed by atoms with van der Waals surface area (Å²) < 4.78 is 24.9. The number of hydrogen-bond acceptors (Lipinski definition) is 7. The number of allylic oxidation sites excluding steroid dienone is 1. The second kappa shape index (κ2) is 13.3. The van der Waals surface area contributed by atoms with Gasteiger partial charge in [-0.1, -0.05) is 31.1 Å². The molecule has 1 saturated heterocycles. The summed E-state index contributed by atoms with van der Waals surface area (Å²) in [5.41, 5.74) is -0.654. The number of carbonyl (C=O) groups is 5.